The highest BCUT2D eigenvalue weighted by atomic mass is 15.1. The van der Waals surface area contributed by atoms with Gasteiger partial charge < -0.3 is 5.73 Å². The minimum atomic E-state index is 0.337. The molecule has 0 atom stereocenters. The Morgan fingerprint density at radius 3 is 3.11 bits per heavy atom. The molecule has 1 aromatic rings. The molecule has 0 spiro atoms. The topological polar surface area (TPSA) is 78.5 Å². The summed E-state index contributed by atoms with van der Waals surface area (Å²) in [7, 11) is 0. The number of aromatic amines is 1. The Hall–Kier alpha value is -1.50. The summed E-state index contributed by atoms with van der Waals surface area (Å²) >= 11 is 0. The highest BCUT2D eigenvalue weighted by Gasteiger charge is 1.93. The van der Waals surface area contributed by atoms with E-state index >= 15 is 0 Å². The Balaban J connectivity index is 2.76. The lowest BCUT2D eigenvalue weighted by Gasteiger charge is -1.77. The molecule has 0 amide bonds. The van der Waals surface area contributed by atoms with Crippen LogP contribution >= 0.6 is 0 Å². The molecule has 3 N–H and O–H groups in total. The second kappa shape index (κ2) is 2.18. The first-order valence-corrected chi connectivity index (χ1v) is 2.49. The van der Waals surface area contributed by atoms with E-state index in [1.807, 2.05) is 6.07 Å². The molecule has 4 nitrogen and oxygen atoms in total. The van der Waals surface area contributed by atoms with Gasteiger partial charge in [0.15, 0.2) is 0 Å². The first-order chi connectivity index (χ1) is 4.33. The van der Waals surface area contributed by atoms with E-state index in [1.54, 1.807) is 6.07 Å². The summed E-state index contributed by atoms with van der Waals surface area (Å²) < 4.78 is 0. The number of anilines is 1. The van der Waals surface area contributed by atoms with Gasteiger partial charge >= 0.3 is 0 Å². The molecule has 0 aromatic carbocycles. The zero-order valence-corrected chi connectivity index (χ0v) is 4.76. The van der Waals surface area contributed by atoms with Gasteiger partial charge in [0.2, 0.25) is 0 Å². The van der Waals surface area contributed by atoms with Gasteiger partial charge in [0, 0.05) is 6.07 Å². The third kappa shape index (κ3) is 1.19. The van der Waals surface area contributed by atoms with Crippen LogP contribution < -0.4 is 5.73 Å². The molecule has 0 unspecified atom stereocenters. The molecule has 1 aromatic heterocycles. The summed E-state index contributed by atoms with van der Waals surface area (Å²) in [6.07, 6.45) is 0.337. The minimum Gasteiger partial charge on any atom is -0.382 e. The molecule has 1 heterocycles. The van der Waals surface area contributed by atoms with Crippen LogP contribution in [0, 0.1) is 11.3 Å². The van der Waals surface area contributed by atoms with Gasteiger partial charge in [0.25, 0.3) is 0 Å². The number of nitrogens with one attached hydrogen (secondary N) is 1. The molecule has 0 saturated heterocycles. The van der Waals surface area contributed by atoms with Crippen LogP contribution in [0.2, 0.25) is 0 Å². The molecule has 0 aliphatic carbocycles. The molecule has 1 rings (SSSR count). The van der Waals surface area contributed by atoms with Gasteiger partial charge in [0.1, 0.15) is 5.82 Å². The fourth-order valence-electron chi connectivity index (χ4n) is 0.555. The summed E-state index contributed by atoms with van der Waals surface area (Å²) in [4.78, 5) is 0. The summed E-state index contributed by atoms with van der Waals surface area (Å²) in [6.45, 7) is 0. The van der Waals surface area contributed by atoms with Gasteiger partial charge in [-0.1, -0.05) is 0 Å². The largest absolute Gasteiger partial charge is 0.382 e. The number of rotatable bonds is 1. The third-order valence-electron chi connectivity index (χ3n) is 0.920. The number of H-pyrrole nitrogens is 1. The predicted molar refractivity (Wildman–Crippen MR) is 32.3 cm³/mol. The van der Waals surface area contributed by atoms with Crippen molar-refractivity contribution in [2.24, 2.45) is 0 Å². The monoisotopic (exact) mass is 122 g/mol. The molecular formula is C5H6N4. The van der Waals surface area contributed by atoms with Crippen molar-refractivity contribution < 1.29 is 0 Å². The Kier molecular flexibility index (Phi) is 1.36. The van der Waals surface area contributed by atoms with Gasteiger partial charge in [-0.25, -0.2) is 0 Å². The zero-order chi connectivity index (χ0) is 6.69. The van der Waals surface area contributed by atoms with E-state index in [2.05, 4.69) is 10.2 Å². The van der Waals surface area contributed by atoms with E-state index in [1.165, 1.54) is 0 Å². The van der Waals surface area contributed by atoms with Crippen molar-refractivity contribution in [1.29, 1.82) is 5.26 Å². The third-order valence-corrected chi connectivity index (χ3v) is 0.920. The second-order valence-electron chi connectivity index (χ2n) is 1.65. The number of hydrogen-bond acceptors (Lipinski definition) is 3. The Labute approximate surface area is 52.3 Å². The summed E-state index contributed by atoms with van der Waals surface area (Å²) in [5.41, 5.74) is 6.02. The zero-order valence-electron chi connectivity index (χ0n) is 4.76. The van der Waals surface area contributed by atoms with Crippen LogP contribution in [0.25, 0.3) is 0 Å². The summed E-state index contributed by atoms with van der Waals surface area (Å²) in [5, 5.41) is 14.4. The lowest BCUT2D eigenvalue weighted by molar-refractivity contribution is 1.02. The average Bonchev–Trinajstić information content (AvgIpc) is 2.17. The van der Waals surface area contributed by atoms with E-state index in [0.29, 0.717) is 12.2 Å². The van der Waals surface area contributed by atoms with Crippen molar-refractivity contribution in [2.45, 2.75) is 6.42 Å². The molecular weight excluding hydrogens is 116 g/mol. The van der Waals surface area contributed by atoms with Crippen molar-refractivity contribution in [1.82, 2.24) is 10.2 Å². The highest BCUT2D eigenvalue weighted by Crippen LogP contribution is 1.99. The molecule has 9 heavy (non-hydrogen) atoms. The van der Waals surface area contributed by atoms with Crippen molar-refractivity contribution in [3.8, 4) is 6.07 Å². The van der Waals surface area contributed by atoms with E-state index in [0.717, 1.165) is 5.69 Å². The normalized spacial score (nSPS) is 8.78. The number of nitriles is 1. The quantitative estimate of drug-likeness (QED) is 0.552. The first-order valence-electron chi connectivity index (χ1n) is 2.49. The molecule has 0 bridgehead atoms. The highest BCUT2D eigenvalue weighted by molar-refractivity contribution is 5.29. The molecule has 0 fully saturated rings. The van der Waals surface area contributed by atoms with Gasteiger partial charge in [0.05, 0.1) is 18.2 Å². The predicted octanol–water partition coefficient (Wildman–Crippen LogP) is 0.0580. The number of nitrogens with two attached hydrogens (primary N) is 1. The Bertz CT molecular complexity index is 231. The Morgan fingerprint density at radius 1 is 1.89 bits per heavy atom. The van der Waals surface area contributed by atoms with Crippen LogP contribution in [0.15, 0.2) is 6.07 Å². The van der Waals surface area contributed by atoms with Crippen molar-refractivity contribution in [3.05, 3.63) is 11.8 Å². The molecule has 4 heteroatoms. The fourth-order valence-corrected chi connectivity index (χ4v) is 0.555. The van der Waals surface area contributed by atoms with Gasteiger partial charge in [-0.05, 0) is 0 Å². The van der Waals surface area contributed by atoms with Crippen LogP contribution in [-0.4, -0.2) is 10.2 Å². The molecule has 0 saturated carbocycles. The second-order valence-corrected chi connectivity index (χ2v) is 1.65. The standard InChI is InChI=1S/C5H6N4/c6-2-1-4-3-5(7)9-8-4/h3H,1H2,(H3,7,8,9). The smallest absolute Gasteiger partial charge is 0.145 e. The van der Waals surface area contributed by atoms with Crippen LogP contribution in [0.5, 0.6) is 0 Å². The van der Waals surface area contributed by atoms with Crippen LogP contribution in [-0.2, 0) is 6.42 Å². The van der Waals surface area contributed by atoms with Gasteiger partial charge in [-0.2, -0.15) is 10.4 Å². The number of hydrogen-bond donors (Lipinski definition) is 2. The van der Waals surface area contributed by atoms with Gasteiger partial charge in [-0.15, -0.1) is 0 Å². The number of nitrogen functional groups attached to an aromatic ring is 1. The van der Waals surface area contributed by atoms with Crippen LogP contribution in [0.4, 0.5) is 5.82 Å². The van der Waals surface area contributed by atoms with Crippen LogP contribution in [0.1, 0.15) is 5.69 Å². The lowest BCUT2D eigenvalue weighted by Crippen LogP contribution is -1.81. The summed E-state index contributed by atoms with van der Waals surface area (Å²) in [5.74, 6) is 0.431. The van der Waals surface area contributed by atoms with Gasteiger partial charge in [-0.3, -0.25) is 5.10 Å². The minimum absolute atomic E-state index is 0.337. The first kappa shape index (κ1) is 5.63. The van der Waals surface area contributed by atoms with E-state index < -0.39 is 0 Å². The summed E-state index contributed by atoms with van der Waals surface area (Å²) in [6, 6.07) is 3.61. The van der Waals surface area contributed by atoms with E-state index in [4.69, 9.17) is 11.0 Å². The van der Waals surface area contributed by atoms with E-state index in [-0.39, 0.29) is 0 Å². The van der Waals surface area contributed by atoms with Crippen molar-refractivity contribution in [2.75, 3.05) is 5.73 Å². The maximum absolute atomic E-state index is 8.19. The maximum Gasteiger partial charge on any atom is 0.145 e. The van der Waals surface area contributed by atoms with Crippen molar-refractivity contribution in [3.63, 3.8) is 0 Å². The molecule has 0 radical (unpaired) electrons. The SMILES string of the molecule is N#CCc1cc(N)n[nH]1. The van der Waals surface area contributed by atoms with Crippen LogP contribution in [0.3, 0.4) is 0 Å². The average molecular weight is 122 g/mol. The van der Waals surface area contributed by atoms with E-state index in [9.17, 15) is 0 Å². The van der Waals surface area contributed by atoms with Crippen molar-refractivity contribution >= 4 is 5.82 Å². The molecule has 46 valence electrons. The Morgan fingerprint density at radius 2 is 2.67 bits per heavy atom. The molecule has 0 aliphatic rings. The number of nitrogens with zero attached hydrogens (tertiary/aromatic N) is 2. The maximum atomic E-state index is 8.19. The fraction of sp³-hybridized carbons (Fsp3) is 0.200. The molecule has 0 aliphatic heterocycles. The lowest BCUT2D eigenvalue weighted by atomic mass is 10.3. The number of aromatic nitrogens is 2.